The smallest absolute Gasteiger partial charge is 0.265 e. The van der Waals surface area contributed by atoms with E-state index in [-0.39, 0.29) is 17.7 Å². The number of hydrogen-bond donors (Lipinski definition) is 3. The zero-order valence-electron chi connectivity index (χ0n) is 23.6. The van der Waals surface area contributed by atoms with Gasteiger partial charge in [-0.3, -0.25) is 19.4 Å². The molecule has 0 spiro atoms. The van der Waals surface area contributed by atoms with E-state index < -0.39 is 0 Å². The fraction of sp³-hybridized carbons (Fsp3) is 0.242. The summed E-state index contributed by atoms with van der Waals surface area (Å²) in [5.41, 5.74) is 9.55. The maximum Gasteiger partial charge on any atom is 0.265 e. The fourth-order valence-corrected chi connectivity index (χ4v) is 6.22. The molecule has 0 atom stereocenters. The predicted molar refractivity (Wildman–Crippen MR) is 170 cm³/mol. The third kappa shape index (κ3) is 5.84. The van der Waals surface area contributed by atoms with Crippen LogP contribution < -0.4 is 26.0 Å². The van der Waals surface area contributed by atoms with E-state index >= 15 is 0 Å². The summed E-state index contributed by atoms with van der Waals surface area (Å²) in [5.74, 6) is 0.303. The molecule has 2 aliphatic heterocycles. The number of nitrogens with one attached hydrogen (secondary N) is 3. The number of rotatable bonds is 7. The molecule has 3 amide bonds. The van der Waals surface area contributed by atoms with Gasteiger partial charge in [0.25, 0.3) is 11.8 Å². The molecule has 7 rings (SSSR count). The molecule has 3 N–H and O–H groups in total. The first-order chi connectivity index (χ1) is 21.0. The molecule has 1 aliphatic carbocycles. The molecule has 1 saturated carbocycles. The van der Waals surface area contributed by atoms with Gasteiger partial charge in [-0.1, -0.05) is 6.07 Å². The highest BCUT2D eigenvalue weighted by Crippen LogP contribution is 2.34. The van der Waals surface area contributed by atoms with Gasteiger partial charge in [0, 0.05) is 61.3 Å². The normalized spacial score (nSPS) is 16.1. The average molecular weight is 593 g/mol. The Morgan fingerprint density at radius 2 is 1.47 bits per heavy atom. The first kappa shape index (κ1) is 27.2. The minimum absolute atomic E-state index is 0.117. The Kier molecular flexibility index (Phi) is 7.30. The van der Waals surface area contributed by atoms with E-state index in [2.05, 4.69) is 21.0 Å². The molecule has 218 valence electrons. The number of benzene rings is 3. The summed E-state index contributed by atoms with van der Waals surface area (Å²) in [5, 5.41) is 9.85. The second-order valence-corrected chi connectivity index (χ2v) is 12.0. The number of anilines is 5. The third-order valence-corrected chi connectivity index (χ3v) is 9.02. The molecule has 1 saturated heterocycles. The van der Waals surface area contributed by atoms with Gasteiger partial charge >= 0.3 is 0 Å². The molecule has 9 nitrogen and oxygen atoms in total. The number of fused-ring (bicyclic) bond motifs is 1. The van der Waals surface area contributed by atoms with Crippen LogP contribution in [-0.2, 0) is 11.3 Å². The van der Waals surface area contributed by atoms with Gasteiger partial charge in [-0.2, -0.15) is 0 Å². The van der Waals surface area contributed by atoms with Crippen LogP contribution in [0.5, 0.6) is 0 Å². The first-order valence-electron chi connectivity index (χ1n) is 14.6. The van der Waals surface area contributed by atoms with E-state index in [1.54, 1.807) is 6.07 Å². The van der Waals surface area contributed by atoms with E-state index in [0.717, 1.165) is 73.0 Å². The summed E-state index contributed by atoms with van der Waals surface area (Å²) in [6, 6.07) is 24.9. The van der Waals surface area contributed by atoms with Crippen LogP contribution in [0.25, 0.3) is 0 Å². The van der Waals surface area contributed by atoms with Crippen LogP contribution in [0.3, 0.4) is 0 Å². The largest absolute Gasteiger partial charge is 0.368 e. The topological polar surface area (TPSA) is 97.0 Å². The number of hydrogen-bond acceptors (Lipinski definition) is 7. The van der Waals surface area contributed by atoms with Crippen molar-refractivity contribution in [1.29, 1.82) is 0 Å². The van der Waals surface area contributed by atoms with Gasteiger partial charge in [-0.15, -0.1) is 11.3 Å². The molecule has 0 bridgehead atoms. The Morgan fingerprint density at radius 3 is 2.16 bits per heavy atom. The highest BCUT2D eigenvalue weighted by molar-refractivity contribution is 7.12. The molecule has 2 fully saturated rings. The van der Waals surface area contributed by atoms with Crippen LogP contribution >= 0.6 is 11.3 Å². The minimum Gasteiger partial charge on any atom is -0.368 e. The van der Waals surface area contributed by atoms with Gasteiger partial charge in [0.05, 0.1) is 16.3 Å². The van der Waals surface area contributed by atoms with Crippen molar-refractivity contribution < 1.29 is 14.4 Å². The fourth-order valence-electron chi connectivity index (χ4n) is 5.60. The van der Waals surface area contributed by atoms with Crippen LogP contribution in [0.2, 0.25) is 0 Å². The molecule has 0 unspecified atom stereocenters. The number of thiophene rings is 1. The van der Waals surface area contributed by atoms with Crippen molar-refractivity contribution in [3.8, 4) is 0 Å². The van der Waals surface area contributed by atoms with E-state index in [4.69, 9.17) is 0 Å². The summed E-state index contributed by atoms with van der Waals surface area (Å²) in [4.78, 5) is 42.6. The maximum atomic E-state index is 13.0. The van der Waals surface area contributed by atoms with E-state index in [9.17, 15) is 14.4 Å². The van der Waals surface area contributed by atoms with Gasteiger partial charge in [-0.05, 0) is 96.6 Å². The quantitative estimate of drug-likeness (QED) is 0.264. The Balaban J connectivity index is 0.948. The highest BCUT2D eigenvalue weighted by atomic mass is 32.1. The number of nitrogens with zero attached hydrogens (tertiary/aromatic N) is 3. The second-order valence-electron chi connectivity index (χ2n) is 11.1. The standard InChI is InChI=1S/C33H32N6O3S/c40-31(22-5-10-27(11-6-22)37-15-17-38(18-16-37)33(42)23-3-4-23)36-26-9-14-29-24(20-26)21-34-39(29)28-12-7-25(8-13-28)35-32(41)30-2-1-19-43-30/h1-2,5-14,19-20,23,34H,3-4,15-18,21H2,(H,35,41)(H,36,40). The summed E-state index contributed by atoms with van der Waals surface area (Å²) in [6.45, 7) is 3.74. The molecule has 43 heavy (non-hydrogen) atoms. The van der Waals surface area contributed by atoms with Gasteiger partial charge in [0.2, 0.25) is 5.91 Å². The van der Waals surface area contributed by atoms with Crippen molar-refractivity contribution in [2.24, 2.45) is 5.92 Å². The lowest BCUT2D eigenvalue weighted by Crippen LogP contribution is -2.49. The van der Waals surface area contributed by atoms with Gasteiger partial charge in [-0.25, -0.2) is 5.43 Å². The number of piperazine rings is 1. The van der Waals surface area contributed by atoms with Crippen LogP contribution in [0, 0.1) is 5.92 Å². The molecule has 10 heteroatoms. The molecule has 3 aliphatic rings. The van der Waals surface area contributed by atoms with Crippen LogP contribution in [0.15, 0.2) is 84.2 Å². The SMILES string of the molecule is O=C(Nc1ccc2c(c1)CNN2c1ccc(NC(=O)c2cccs2)cc1)c1ccc(N2CCN(C(=O)C3CC3)CC2)cc1. The Hall–Kier alpha value is -4.67. The van der Waals surface area contributed by atoms with Gasteiger partial charge in [0.1, 0.15) is 0 Å². The molecule has 0 radical (unpaired) electrons. The number of hydrazine groups is 1. The van der Waals surface area contributed by atoms with E-state index in [1.807, 2.05) is 88.1 Å². The summed E-state index contributed by atoms with van der Waals surface area (Å²) >= 11 is 1.41. The molecule has 3 aromatic carbocycles. The number of carbonyl (C=O) groups is 3. The van der Waals surface area contributed by atoms with Gasteiger partial charge in [0.15, 0.2) is 0 Å². The molecular weight excluding hydrogens is 560 g/mol. The summed E-state index contributed by atoms with van der Waals surface area (Å²) in [7, 11) is 0. The van der Waals surface area contributed by atoms with Gasteiger partial charge < -0.3 is 20.4 Å². The monoisotopic (exact) mass is 592 g/mol. The summed E-state index contributed by atoms with van der Waals surface area (Å²) < 4.78 is 0. The van der Waals surface area contributed by atoms with Crippen molar-refractivity contribution in [2.45, 2.75) is 19.4 Å². The van der Waals surface area contributed by atoms with E-state index in [1.165, 1.54) is 11.3 Å². The molecule has 3 heterocycles. The Labute approximate surface area is 254 Å². The van der Waals surface area contributed by atoms with Crippen molar-refractivity contribution in [1.82, 2.24) is 10.3 Å². The summed E-state index contributed by atoms with van der Waals surface area (Å²) in [6.07, 6.45) is 2.08. The first-order valence-corrected chi connectivity index (χ1v) is 15.5. The zero-order chi connectivity index (χ0) is 29.3. The maximum absolute atomic E-state index is 13.0. The van der Waals surface area contributed by atoms with Crippen LogP contribution in [-0.4, -0.2) is 48.8 Å². The number of carbonyl (C=O) groups excluding carboxylic acids is 3. The Morgan fingerprint density at radius 1 is 0.767 bits per heavy atom. The predicted octanol–water partition coefficient (Wildman–Crippen LogP) is 5.47. The lowest BCUT2D eigenvalue weighted by molar-refractivity contribution is -0.132. The minimum atomic E-state index is -0.158. The lowest BCUT2D eigenvalue weighted by Gasteiger charge is -2.36. The van der Waals surface area contributed by atoms with Crippen molar-refractivity contribution in [3.05, 3.63) is 100 Å². The van der Waals surface area contributed by atoms with E-state index in [0.29, 0.717) is 22.9 Å². The second kappa shape index (κ2) is 11.5. The van der Waals surface area contributed by atoms with Crippen molar-refractivity contribution in [3.63, 3.8) is 0 Å². The average Bonchev–Trinajstić information content (AvgIpc) is 3.57. The zero-order valence-corrected chi connectivity index (χ0v) is 24.4. The Bertz CT molecular complexity index is 1640. The van der Waals surface area contributed by atoms with Crippen LogP contribution in [0.4, 0.5) is 28.4 Å². The molecular formula is C33H32N6O3S. The third-order valence-electron chi connectivity index (χ3n) is 8.15. The highest BCUT2D eigenvalue weighted by Gasteiger charge is 2.34. The molecule has 4 aromatic rings. The van der Waals surface area contributed by atoms with Crippen molar-refractivity contribution >= 4 is 57.5 Å². The van der Waals surface area contributed by atoms with Crippen LogP contribution in [0.1, 0.15) is 38.4 Å². The lowest BCUT2D eigenvalue weighted by atomic mass is 10.1. The number of amides is 3. The molecule has 1 aromatic heterocycles. The van der Waals surface area contributed by atoms with Crippen molar-refractivity contribution in [2.75, 3.05) is 46.7 Å².